The fourth-order valence-electron chi connectivity index (χ4n) is 5.00. The van der Waals surface area contributed by atoms with Gasteiger partial charge < -0.3 is 54.2 Å². The second-order valence-corrected chi connectivity index (χ2v) is 12.2. The number of methoxy groups -OCH3 is 1. The lowest BCUT2D eigenvalue weighted by Crippen LogP contribution is -2.67. The van der Waals surface area contributed by atoms with E-state index < -0.39 is 89.5 Å². The summed E-state index contributed by atoms with van der Waals surface area (Å²) < 4.78 is 34.7. The normalized spacial score (nSPS) is 35.8. The highest BCUT2D eigenvalue weighted by molar-refractivity contribution is 5.81. The Hall–Kier alpha value is -1.42. The average Bonchev–Trinajstić information content (AvgIpc) is 2.88. The minimum Gasteiger partial charge on any atom is -0.464 e. The molecule has 0 aromatic carbocycles. The summed E-state index contributed by atoms with van der Waals surface area (Å²) in [5.41, 5.74) is -3.44. The van der Waals surface area contributed by atoms with Crippen molar-refractivity contribution in [2.45, 2.75) is 127 Å². The van der Waals surface area contributed by atoms with Crippen molar-refractivity contribution in [2.24, 2.45) is 5.92 Å². The maximum atomic E-state index is 12.8. The number of hydrogen-bond acceptors (Lipinski definition) is 12. The second kappa shape index (κ2) is 13.3. The van der Waals surface area contributed by atoms with E-state index in [1.165, 1.54) is 14.2 Å². The largest absolute Gasteiger partial charge is 0.464 e. The Bertz CT molecular complexity index is 864. The molecule has 40 heavy (non-hydrogen) atoms. The summed E-state index contributed by atoms with van der Waals surface area (Å²) in [4.78, 5) is 25.2. The minimum absolute atomic E-state index is 0.0638. The first-order valence-corrected chi connectivity index (χ1v) is 13.6. The summed E-state index contributed by atoms with van der Waals surface area (Å²) in [7, 11) is 2.88. The summed E-state index contributed by atoms with van der Waals surface area (Å²) >= 11 is 0. The molecule has 2 fully saturated rings. The maximum absolute atomic E-state index is 12.8. The van der Waals surface area contributed by atoms with Crippen molar-refractivity contribution in [1.82, 2.24) is 5.32 Å². The molecule has 0 aliphatic carbocycles. The number of nitrogens with one attached hydrogen (secondary N) is 1. The lowest BCUT2D eigenvalue weighted by molar-refractivity contribution is -0.294. The molecule has 2 aliphatic heterocycles. The number of likely N-dealkylation sites (N-methyl/N-ethyl adjacent to an activating group) is 1. The number of carbonyl (C=O) groups is 2. The van der Waals surface area contributed by atoms with Crippen LogP contribution >= 0.6 is 0 Å². The standard InChI is InChI=1S/C27H49NO12/c1-11-36-24(34)20-19(15(30)17(32)21(39-20)26(5,6)35-10)40-25(3,4)12-37-27(7,8)22-16(31)14(29)13(2)18(38-22)23(33)28-9/h13-22,29-32H,11-12H2,1-10H3,(H,28,33)/t13?,14?,15?,16?,17?,18?,19-,20?,21?,22?/m0/s1. The first-order valence-electron chi connectivity index (χ1n) is 13.6. The fraction of sp³-hybridized carbons (Fsp3) is 0.926. The van der Waals surface area contributed by atoms with Crippen molar-refractivity contribution >= 4 is 11.9 Å². The van der Waals surface area contributed by atoms with Crippen LogP contribution in [-0.2, 0) is 38.0 Å². The molecule has 13 heteroatoms. The quantitative estimate of drug-likeness (QED) is 0.194. The van der Waals surface area contributed by atoms with Crippen LogP contribution in [0.15, 0.2) is 0 Å². The van der Waals surface area contributed by atoms with Gasteiger partial charge in [-0.3, -0.25) is 4.79 Å². The third kappa shape index (κ3) is 7.50. The van der Waals surface area contributed by atoms with Crippen LogP contribution in [0.3, 0.4) is 0 Å². The van der Waals surface area contributed by atoms with E-state index in [0.29, 0.717) is 0 Å². The molecule has 0 radical (unpaired) electrons. The summed E-state index contributed by atoms with van der Waals surface area (Å²) in [5, 5.41) is 45.8. The number of aliphatic hydroxyl groups is 4. The second-order valence-electron chi connectivity index (χ2n) is 12.2. The Morgan fingerprint density at radius 2 is 1.38 bits per heavy atom. The van der Waals surface area contributed by atoms with E-state index in [9.17, 15) is 30.0 Å². The molecule has 0 saturated carbocycles. The summed E-state index contributed by atoms with van der Waals surface area (Å²) in [6, 6.07) is 0. The van der Waals surface area contributed by atoms with E-state index in [-0.39, 0.29) is 13.2 Å². The van der Waals surface area contributed by atoms with Gasteiger partial charge >= 0.3 is 5.97 Å². The number of amides is 1. The van der Waals surface area contributed by atoms with Crippen molar-refractivity contribution < 1.29 is 58.4 Å². The van der Waals surface area contributed by atoms with Gasteiger partial charge in [-0.2, -0.15) is 0 Å². The third-order valence-corrected chi connectivity index (χ3v) is 7.72. The predicted molar refractivity (Wildman–Crippen MR) is 141 cm³/mol. The van der Waals surface area contributed by atoms with Gasteiger partial charge in [0.25, 0.3) is 0 Å². The number of esters is 1. The van der Waals surface area contributed by atoms with Gasteiger partial charge in [-0.1, -0.05) is 6.92 Å². The molecule has 0 aromatic rings. The van der Waals surface area contributed by atoms with E-state index >= 15 is 0 Å². The van der Waals surface area contributed by atoms with Gasteiger partial charge in [0.15, 0.2) is 6.10 Å². The molecule has 2 heterocycles. The lowest BCUT2D eigenvalue weighted by atomic mass is 9.82. The molecule has 0 bridgehead atoms. The van der Waals surface area contributed by atoms with Gasteiger partial charge in [-0.25, -0.2) is 4.79 Å². The van der Waals surface area contributed by atoms with Gasteiger partial charge in [0.05, 0.1) is 36.1 Å². The Morgan fingerprint density at radius 1 is 0.850 bits per heavy atom. The SMILES string of the molecule is CCOC(=O)C1OC(C(C)(C)OC)C(O)C(O)[C@@H]1OC(C)(C)COC(C)(C)C1OC(C(=O)NC)C(C)C(O)C1O. The Kier molecular flexibility index (Phi) is 11.5. The Labute approximate surface area is 236 Å². The maximum Gasteiger partial charge on any atom is 0.338 e. The van der Waals surface area contributed by atoms with E-state index in [4.69, 9.17) is 28.4 Å². The van der Waals surface area contributed by atoms with Crippen molar-refractivity contribution in [1.29, 1.82) is 0 Å². The molecule has 2 rings (SSSR count). The molecule has 234 valence electrons. The zero-order valence-corrected chi connectivity index (χ0v) is 25.2. The summed E-state index contributed by atoms with van der Waals surface area (Å²) in [5.74, 6) is -1.87. The van der Waals surface area contributed by atoms with Crippen molar-refractivity contribution in [3.63, 3.8) is 0 Å². The first-order chi connectivity index (χ1) is 18.3. The van der Waals surface area contributed by atoms with Crippen molar-refractivity contribution in [3.05, 3.63) is 0 Å². The van der Waals surface area contributed by atoms with Crippen molar-refractivity contribution in [3.8, 4) is 0 Å². The van der Waals surface area contributed by atoms with Crippen molar-refractivity contribution in [2.75, 3.05) is 27.4 Å². The van der Waals surface area contributed by atoms with Gasteiger partial charge in [0.1, 0.15) is 42.7 Å². The van der Waals surface area contributed by atoms with Gasteiger partial charge in [0, 0.05) is 20.1 Å². The van der Waals surface area contributed by atoms with Crippen LogP contribution in [0.25, 0.3) is 0 Å². The number of rotatable bonds is 11. The Morgan fingerprint density at radius 3 is 1.90 bits per heavy atom. The monoisotopic (exact) mass is 579 g/mol. The number of hydrogen-bond donors (Lipinski definition) is 5. The average molecular weight is 580 g/mol. The smallest absolute Gasteiger partial charge is 0.338 e. The summed E-state index contributed by atoms with van der Waals surface area (Å²) in [6.45, 7) is 13.1. The van der Waals surface area contributed by atoms with Gasteiger partial charge in [-0.05, 0) is 48.5 Å². The number of ether oxygens (including phenoxy) is 6. The van der Waals surface area contributed by atoms with Crippen LogP contribution in [0.5, 0.6) is 0 Å². The molecule has 0 aromatic heterocycles. The van der Waals surface area contributed by atoms with Gasteiger partial charge in [0.2, 0.25) is 5.91 Å². The third-order valence-electron chi connectivity index (χ3n) is 7.72. The predicted octanol–water partition coefficient (Wildman–Crippen LogP) is -0.706. The highest BCUT2D eigenvalue weighted by Crippen LogP contribution is 2.36. The molecule has 2 aliphatic rings. The van der Waals surface area contributed by atoms with E-state index in [1.807, 2.05) is 0 Å². The molecule has 9 unspecified atom stereocenters. The highest BCUT2D eigenvalue weighted by Gasteiger charge is 2.55. The van der Waals surface area contributed by atoms with Crippen LogP contribution in [0.4, 0.5) is 0 Å². The molecular weight excluding hydrogens is 530 g/mol. The zero-order chi connectivity index (χ0) is 30.8. The van der Waals surface area contributed by atoms with Crippen LogP contribution in [-0.4, -0.2) is 131 Å². The molecule has 10 atom stereocenters. The molecular formula is C27H49NO12. The molecule has 2 saturated heterocycles. The van der Waals surface area contributed by atoms with Crippen LogP contribution in [0, 0.1) is 5.92 Å². The number of carbonyl (C=O) groups excluding carboxylic acids is 2. The van der Waals surface area contributed by atoms with Gasteiger partial charge in [-0.15, -0.1) is 0 Å². The minimum atomic E-state index is -1.54. The summed E-state index contributed by atoms with van der Waals surface area (Å²) in [6.07, 6.45) is -11.4. The highest BCUT2D eigenvalue weighted by atomic mass is 16.6. The van der Waals surface area contributed by atoms with E-state index in [2.05, 4.69) is 5.32 Å². The molecule has 1 amide bonds. The fourth-order valence-corrected chi connectivity index (χ4v) is 5.00. The van der Waals surface area contributed by atoms with Crippen LogP contribution in [0.1, 0.15) is 55.4 Å². The lowest BCUT2D eigenvalue weighted by Gasteiger charge is -2.49. The Balaban J connectivity index is 2.23. The molecule has 13 nitrogen and oxygen atoms in total. The first kappa shape index (κ1) is 34.8. The van der Waals surface area contributed by atoms with E-state index in [0.717, 1.165) is 0 Å². The molecule has 0 spiro atoms. The molecule has 5 N–H and O–H groups in total. The van der Waals surface area contributed by atoms with Crippen LogP contribution in [0.2, 0.25) is 0 Å². The number of aliphatic hydroxyl groups excluding tert-OH is 4. The topological polar surface area (TPSA) is 182 Å². The van der Waals surface area contributed by atoms with Crippen LogP contribution < -0.4 is 5.32 Å². The van der Waals surface area contributed by atoms with E-state index in [1.54, 1.807) is 55.4 Å². The zero-order valence-electron chi connectivity index (χ0n) is 25.2.